The standard InChI is InChI=1S/C22H25N3O5S/c1-14-6-7-18(31(5,27)28)13-19(14)22(26)24-20(21-23-8-9-25(21)2)15-10-16(29-3)12-17(11-15)30-4/h6-13,20H,1-5H3,(H,24,26). The number of carbonyl (C=O) groups excluding carboxylic acids is 1. The zero-order valence-corrected chi connectivity index (χ0v) is 18.9. The zero-order valence-electron chi connectivity index (χ0n) is 18.0. The summed E-state index contributed by atoms with van der Waals surface area (Å²) in [5.41, 5.74) is 1.64. The quantitative estimate of drug-likeness (QED) is 0.603. The third-order valence-electron chi connectivity index (χ3n) is 4.98. The Kier molecular flexibility index (Phi) is 6.35. The predicted molar refractivity (Wildman–Crippen MR) is 116 cm³/mol. The van der Waals surface area contributed by atoms with Gasteiger partial charge < -0.3 is 19.4 Å². The van der Waals surface area contributed by atoms with Crippen molar-refractivity contribution in [3.05, 3.63) is 71.3 Å². The van der Waals surface area contributed by atoms with E-state index in [1.54, 1.807) is 62.4 Å². The number of methoxy groups -OCH3 is 2. The molecule has 0 bridgehead atoms. The molecule has 2 aromatic carbocycles. The number of hydrogen-bond acceptors (Lipinski definition) is 6. The number of aryl methyl sites for hydroxylation is 2. The van der Waals surface area contributed by atoms with Gasteiger partial charge in [-0.05, 0) is 42.3 Å². The molecule has 0 saturated carbocycles. The molecule has 9 heteroatoms. The zero-order chi connectivity index (χ0) is 22.8. The monoisotopic (exact) mass is 443 g/mol. The van der Waals surface area contributed by atoms with Crippen molar-refractivity contribution >= 4 is 15.7 Å². The molecule has 0 radical (unpaired) electrons. The number of imidazole rings is 1. The third-order valence-corrected chi connectivity index (χ3v) is 6.09. The number of nitrogens with one attached hydrogen (secondary N) is 1. The normalized spacial score (nSPS) is 12.3. The van der Waals surface area contributed by atoms with Gasteiger partial charge in [-0.1, -0.05) is 6.07 Å². The summed E-state index contributed by atoms with van der Waals surface area (Å²) >= 11 is 0. The maximum atomic E-state index is 13.2. The topological polar surface area (TPSA) is 99.5 Å². The van der Waals surface area contributed by atoms with Crippen LogP contribution in [0.1, 0.15) is 33.4 Å². The van der Waals surface area contributed by atoms with E-state index in [1.165, 1.54) is 12.1 Å². The molecule has 3 aromatic rings. The summed E-state index contributed by atoms with van der Waals surface area (Å²) in [5.74, 6) is 1.31. The van der Waals surface area contributed by atoms with Crippen LogP contribution in [0.3, 0.4) is 0 Å². The molecular formula is C22H25N3O5S. The molecule has 31 heavy (non-hydrogen) atoms. The number of hydrogen-bond donors (Lipinski definition) is 1. The van der Waals surface area contributed by atoms with E-state index >= 15 is 0 Å². The number of amides is 1. The molecule has 1 heterocycles. The lowest BCUT2D eigenvalue weighted by atomic mass is 10.0. The number of aromatic nitrogens is 2. The second-order valence-electron chi connectivity index (χ2n) is 7.20. The molecule has 0 aliphatic rings. The smallest absolute Gasteiger partial charge is 0.252 e. The molecule has 3 rings (SSSR count). The molecule has 0 aliphatic heterocycles. The molecule has 1 unspecified atom stereocenters. The molecule has 0 aliphatic carbocycles. The van der Waals surface area contributed by atoms with Crippen molar-refractivity contribution in [2.75, 3.05) is 20.5 Å². The van der Waals surface area contributed by atoms with Crippen LogP contribution in [0.2, 0.25) is 0 Å². The molecule has 1 amide bonds. The van der Waals surface area contributed by atoms with Gasteiger partial charge in [-0.25, -0.2) is 13.4 Å². The van der Waals surface area contributed by atoms with E-state index in [0.717, 1.165) is 6.26 Å². The van der Waals surface area contributed by atoms with Gasteiger partial charge in [-0.15, -0.1) is 0 Å². The lowest BCUT2D eigenvalue weighted by Crippen LogP contribution is -2.31. The van der Waals surface area contributed by atoms with Gasteiger partial charge in [0, 0.05) is 37.3 Å². The van der Waals surface area contributed by atoms with Crippen LogP contribution in [0.25, 0.3) is 0 Å². The molecule has 0 saturated heterocycles. The first kappa shape index (κ1) is 22.4. The van der Waals surface area contributed by atoms with Gasteiger partial charge in [0.25, 0.3) is 5.91 Å². The Hall–Kier alpha value is -3.33. The van der Waals surface area contributed by atoms with E-state index in [2.05, 4.69) is 10.3 Å². The highest BCUT2D eigenvalue weighted by molar-refractivity contribution is 7.90. The number of nitrogens with zero attached hydrogens (tertiary/aromatic N) is 2. The van der Waals surface area contributed by atoms with E-state index in [-0.39, 0.29) is 10.5 Å². The Morgan fingerprint density at radius 3 is 2.26 bits per heavy atom. The van der Waals surface area contributed by atoms with Gasteiger partial charge in [-0.3, -0.25) is 4.79 Å². The van der Waals surface area contributed by atoms with Crippen LogP contribution in [-0.4, -0.2) is 44.4 Å². The molecule has 8 nitrogen and oxygen atoms in total. The molecule has 1 atom stereocenters. The summed E-state index contributed by atoms with van der Waals surface area (Å²) in [7, 11) is 1.47. The van der Waals surface area contributed by atoms with Crippen LogP contribution < -0.4 is 14.8 Å². The van der Waals surface area contributed by atoms with Crippen molar-refractivity contribution in [2.45, 2.75) is 17.9 Å². The highest BCUT2D eigenvalue weighted by Gasteiger charge is 2.24. The molecule has 0 fully saturated rings. The lowest BCUT2D eigenvalue weighted by Gasteiger charge is -2.21. The second-order valence-corrected chi connectivity index (χ2v) is 9.21. The van der Waals surface area contributed by atoms with Gasteiger partial charge >= 0.3 is 0 Å². The number of sulfone groups is 1. The summed E-state index contributed by atoms with van der Waals surface area (Å²) in [6.07, 6.45) is 4.53. The lowest BCUT2D eigenvalue weighted by molar-refractivity contribution is 0.0940. The molecular weight excluding hydrogens is 418 g/mol. The minimum atomic E-state index is -3.45. The predicted octanol–water partition coefficient (Wildman–Crippen LogP) is 2.67. The van der Waals surface area contributed by atoms with Crippen LogP contribution in [-0.2, 0) is 16.9 Å². The van der Waals surface area contributed by atoms with E-state index in [1.807, 2.05) is 7.05 Å². The van der Waals surface area contributed by atoms with Crippen molar-refractivity contribution in [2.24, 2.45) is 7.05 Å². The largest absolute Gasteiger partial charge is 0.497 e. The minimum absolute atomic E-state index is 0.0832. The first-order valence-electron chi connectivity index (χ1n) is 9.45. The van der Waals surface area contributed by atoms with Gasteiger partial charge in [0.2, 0.25) is 0 Å². The number of rotatable bonds is 7. The minimum Gasteiger partial charge on any atom is -0.497 e. The van der Waals surface area contributed by atoms with Gasteiger partial charge in [-0.2, -0.15) is 0 Å². The Bertz CT molecular complexity index is 1200. The van der Waals surface area contributed by atoms with Crippen molar-refractivity contribution in [3.63, 3.8) is 0 Å². The number of benzene rings is 2. The van der Waals surface area contributed by atoms with Crippen LogP contribution in [0.5, 0.6) is 11.5 Å². The summed E-state index contributed by atoms with van der Waals surface area (Å²) < 4.78 is 36.5. The summed E-state index contributed by atoms with van der Waals surface area (Å²) in [6.45, 7) is 1.76. The molecule has 1 N–H and O–H groups in total. The van der Waals surface area contributed by atoms with Gasteiger partial charge in [0.15, 0.2) is 9.84 Å². The number of carbonyl (C=O) groups is 1. The van der Waals surface area contributed by atoms with E-state index < -0.39 is 21.8 Å². The highest BCUT2D eigenvalue weighted by Crippen LogP contribution is 2.30. The average Bonchev–Trinajstić information content (AvgIpc) is 3.16. The molecule has 164 valence electrons. The first-order valence-corrected chi connectivity index (χ1v) is 11.3. The van der Waals surface area contributed by atoms with Crippen LogP contribution >= 0.6 is 0 Å². The average molecular weight is 444 g/mol. The van der Waals surface area contributed by atoms with Gasteiger partial charge in [0.05, 0.1) is 19.1 Å². The summed E-state index contributed by atoms with van der Waals surface area (Å²) in [4.78, 5) is 17.7. The van der Waals surface area contributed by atoms with E-state index in [0.29, 0.717) is 28.5 Å². The molecule has 1 aromatic heterocycles. The highest BCUT2D eigenvalue weighted by atomic mass is 32.2. The summed E-state index contributed by atoms with van der Waals surface area (Å²) in [6, 6.07) is 9.20. The van der Waals surface area contributed by atoms with Crippen LogP contribution in [0.15, 0.2) is 53.7 Å². The van der Waals surface area contributed by atoms with Crippen LogP contribution in [0.4, 0.5) is 0 Å². The van der Waals surface area contributed by atoms with Crippen molar-refractivity contribution in [3.8, 4) is 11.5 Å². The van der Waals surface area contributed by atoms with Gasteiger partial charge in [0.1, 0.15) is 23.4 Å². The Morgan fingerprint density at radius 1 is 1.10 bits per heavy atom. The Labute approximate surface area is 181 Å². The Balaban J connectivity index is 2.07. The van der Waals surface area contributed by atoms with Crippen molar-refractivity contribution < 1.29 is 22.7 Å². The first-order chi connectivity index (χ1) is 14.6. The summed E-state index contributed by atoms with van der Waals surface area (Å²) in [5, 5.41) is 2.99. The van der Waals surface area contributed by atoms with Crippen LogP contribution in [0, 0.1) is 6.92 Å². The Morgan fingerprint density at radius 2 is 1.74 bits per heavy atom. The van der Waals surface area contributed by atoms with Crippen molar-refractivity contribution in [1.29, 1.82) is 0 Å². The maximum Gasteiger partial charge on any atom is 0.252 e. The van der Waals surface area contributed by atoms with E-state index in [4.69, 9.17) is 9.47 Å². The third kappa shape index (κ3) is 4.88. The fourth-order valence-corrected chi connectivity index (χ4v) is 3.88. The second kappa shape index (κ2) is 8.81. The van der Waals surface area contributed by atoms with E-state index in [9.17, 15) is 13.2 Å². The molecule has 0 spiro atoms. The fraction of sp³-hybridized carbons (Fsp3) is 0.273. The SMILES string of the molecule is COc1cc(OC)cc(C(NC(=O)c2cc(S(C)(=O)=O)ccc2C)c2nccn2C)c1. The maximum absolute atomic E-state index is 13.2. The van der Waals surface area contributed by atoms with Crippen molar-refractivity contribution in [1.82, 2.24) is 14.9 Å². The number of ether oxygens (including phenoxy) is 2. The fourth-order valence-electron chi connectivity index (χ4n) is 3.23.